The van der Waals surface area contributed by atoms with Crippen LogP contribution in [0.15, 0.2) is 6.20 Å². The number of nitrogens with zero attached hydrogens (tertiary/aromatic N) is 2. The number of hydrogen-bond donors (Lipinski definition) is 1. The Labute approximate surface area is 109 Å². The zero-order valence-corrected chi connectivity index (χ0v) is 11.2. The van der Waals surface area contributed by atoms with Gasteiger partial charge in [0.2, 0.25) is 0 Å². The number of aliphatic carboxylic acids is 1. The average Bonchev–Trinajstić information content (AvgIpc) is 2.97. The second kappa shape index (κ2) is 5.06. The van der Waals surface area contributed by atoms with Crippen LogP contribution in [0, 0.1) is 0 Å². The van der Waals surface area contributed by atoms with Crippen molar-refractivity contribution in [1.82, 2.24) is 9.88 Å². The molecular formula is C12H16N2O3S. The van der Waals surface area contributed by atoms with Gasteiger partial charge < -0.3 is 10.0 Å². The largest absolute Gasteiger partial charge is 0.480 e. The summed E-state index contributed by atoms with van der Waals surface area (Å²) in [6.45, 7) is 4.55. The molecule has 0 aliphatic carbocycles. The number of carbonyl (C=O) groups is 2. The second-order valence-corrected chi connectivity index (χ2v) is 5.77. The maximum Gasteiger partial charge on any atom is 0.326 e. The molecule has 2 rings (SSSR count). The first-order valence-electron chi connectivity index (χ1n) is 6.00. The first-order chi connectivity index (χ1) is 8.50. The fraction of sp³-hybridized carbons (Fsp3) is 0.583. The van der Waals surface area contributed by atoms with E-state index < -0.39 is 12.0 Å². The fourth-order valence-corrected chi connectivity index (χ4v) is 2.94. The average molecular weight is 268 g/mol. The second-order valence-electron chi connectivity index (χ2n) is 4.71. The van der Waals surface area contributed by atoms with E-state index in [-0.39, 0.29) is 11.8 Å². The van der Waals surface area contributed by atoms with Crippen LogP contribution in [0.25, 0.3) is 0 Å². The molecule has 1 saturated heterocycles. The van der Waals surface area contributed by atoms with E-state index >= 15 is 0 Å². The van der Waals surface area contributed by atoms with Gasteiger partial charge in [0.05, 0.1) is 11.2 Å². The van der Waals surface area contributed by atoms with Crippen LogP contribution in [0.2, 0.25) is 0 Å². The lowest BCUT2D eigenvalue weighted by Gasteiger charge is -2.20. The van der Waals surface area contributed by atoms with Gasteiger partial charge in [-0.3, -0.25) is 4.79 Å². The van der Waals surface area contributed by atoms with Gasteiger partial charge in [-0.1, -0.05) is 13.8 Å². The molecule has 6 heteroatoms. The zero-order chi connectivity index (χ0) is 13.3. The van der Waals surface area contributed by atoms with E-state index in [1.54, 1.807) is 6.20 Å². The van der Waals surface area contributed by atoms with Gasteiger partial charge in [-0.05, 0) is 12.8 Å². The highest BCUT2D eigenvalue weighted by Gasteiger charge is 2.35. The van der Waals surface area contributed by atoms with Crippen molar-refractivity contribution in [3.05, 3.63) is 16.1 Å². The topological polar surface area (TPSA) is 70.5 Å². The molecule has 2 heterocycles. The first-order valence-corrected chi connectivity index (χ1v) is 6.82. The number of carboxylic acid groups (broad SMARTS) is 1. The van der Waals surface area contributed by atoms with E-state index in [2.05, 4.69) is 4.98 Å². The SMILES string of the molecule is CC(C)c1ncc(C(=O)N2CCC[C@@H]2C(=O)O)s1. The lowest BCUT2D eigenvalue weighted by Crippen LogP contribution is -2.40. The third-order valence-corrected chi connectivity index (χ3v) is 4.31. The summed E-state index contributed by atoms with van der Waals surface area (Å²) < 4.78 is 0. The third-order valence-electron chi connectivity index (χ3n) is 3.03. The van der Waals surface area contributed by atoms with Crippen molar-refractivity contribution >= 4 is 23.2 Å². The van der Waals surface area contributed by atoms with Crippen LogP contribution in [0.4, 0.5) is 0 Å². The van der Waals surface area contributed by atoms with Crippen molar-refractivity contribution < 1.29 is 14.7 Å². The molecular weight excluding hydrogens is 252 g/mol. The van der Waals surface area contributed by atoms with Crippen molar-refractivity contribution in [3.63, 3.8) is 0 Å². The van der Waals surface area contributed by atoms with Crippen molar-refractivity contribution in [3.8, 4) is 0 Å². The molecule has 0 aromatic carbocycles. The molecule has 0 saturated carbocycles. The Balaban J connectivity index is 2.17. The molecule has 1 fully saturated rings. The highest BCUT2D eigenvalue weighted by atomic mass is 32.1. The molecule has 1 aromatic heterocycles. The van der Waals surface area contributed by atoms with Crippen molar-refractivity contribution in [2.45, 2.75) is 38.6 Å². The van der Waals surface area contributed by atoms with Gasteiger partial charge in [-0.15, -0.1) is 11.3 Å². The number of carboxylic acids is 1. The van der Waals surface area contributed by atoms with Crippen LogP contribution in [0.5, 0.6) is 0 Å². The maximum absolute atomic E-state index is 12.2. The first kappa shape index (κ1) is 13.0. The van der Waals surface area contributed by atoms with Crippen molar-refractivity contribution in [2.75, 3.05) is 6.54 Å². The molecule has 1 atom stereocenters. The van der Waals surface area contributed by atoms with Gasteiger partial charge in [0, 0.05) is 12.5 Å². The Kier molecular flexibility index (Phi) is 3.65. The minimum atomic E-state index is -0.922. The van der Waals surface area contributed by atoms with E-state index in [0.29, 0.717) is 17.8 Å². The molecule has 1 N–H and O–H groups in total. The quantitative estimate of drug-likeness (QED) is 0.909. The van der Waals surface area contributed by atoms with Gasteiger partial charge in [-0.2, -0.15) is 0 Å². The number of likely N-dealkylation sites (tertiary alicyclic amines) is 1. The summed E-state index contributed by atoms with van der Waals surface area (Å²) in [4.78, 5) is 29.5. The van der Waals surface area contributed by atoms with Crippen LogP contribution in [0.3, 0.4) is 0 Å². The Morgan fingerprint density at radius 2 is 2.28 bits per heavy atom. The minimum absolute atomic E-state index is 0.204. The van der Waals surface area contributed by atoms with Gasteiger partial charge in [0.15, 0.2) is 0 Å². The Morgan fingerprint density at radius 1 is 1.56 bits per heavy atom. The molecule has 98 valence electrons. The summed E-state index contributed by atoms with van der Waals surface area (Å²) in [6, 6.07) is -0.679. The van der Waals surface area contributed by atoms with Gasteiger partial charge >= 0.3 is 5.97 Å². The Hall–Kier alpha value is -1.43. The molecule has 1 aliphatic rings. The smallest absolute Gasteiger partial charge is 0.326 e. The predicted octanol–water partition coefficient (Wildman–Crippen LogP) is 1.96. The highest BCUT2D eigenvalue weighted by molar-refractivity contribution is 7.13. The third kappa shape index (κ3) is 2.38. The van der Waals surface area contributed by atoms with Gasteiger partial charge in [-0.25, -0.2) is 9.78 Å². The van der Waals surface area contributed by atoms with Gasteiger partial charge in [0.1, 0.15) is 10.9 Å². The van der Waals surface area contributed by atoms with Crippen molar-refractivity contribution in [2.24, 2.45) is 0 Å². The molecule has 0 unspecified atom stereocenters. The Bertz CT molecular complexity index is 470. The summed E-state index contributed by atoms with van der Waals surface area (Å²) in [5.74, 6) is -0.843. The van der Waals surface area contributed by atoms with E-state index in [4.69, 9.17) is 5.11 Å². The summed E-state index contributed by atoms with van der Waals surface area (Å²) in [5.41, 5.74) is 0. The number of carbonyl (C=O) groups excluding carboxylic acids is 1. The number of amides is 1. The number of rotatable bonds is 3. The van der Waals surface area contributed by atoms with Crippen LogP contribution in [0.1, 0.15) is 47.3 Å². The molecule has 5 nitrogen and oxygen atoms in total. The molecule has 18 heavy (non-hydrogen) atoms. The molecule has 1 amide bonds. The van der Waals surface area contributed by atoms with Crippen molar-refractivity contribution in [1.29, 1.82) is 0 Å². The van der Waals surface area contributed by atoms with E-state index in [1.807, 2.05) is 13.8 Å². The Morgan fingerprint density at radius 3 is 2.83 bits per heavy atom. The molecule has 1 aromatic rings. The lowest BCUT2D eigenvalue weighted by atomic mass is 10.2. The lowest BCUT2D eigenvalue weighted by molar-refractivity contribution is -0.141. The standard InChI is InChI=1S/C12H16N2O3S/c1-7(2)10-13-6-9(18-10)11(15)14-5-3-4-8(14)12(16)17/h6-8H,3-5H2,1-2H3,(H,16,17)/t8-/m1/s1. The monoisotopic (exact) mass is 268 g/mol. The summed E-state index contributed by atoms with van der Waals surface area (Å²) in [5, 5.41) is 9.97. The summed E-state index contributed by atoms with van der Waals surface area (Å²) >= 11 is 1.35. The van der Waals surface area contributed by atoms with Crippen LogP contribution >= 0.6 is 11.3 Å². The predicted molar refractivity (Wildman–Crippen MR) is 67.9 cm³/mol. The zero-order valence-electron chi connectivity index (χ0n) is 10.4. The van der Waals surface area contributed by atoms with Crippen LogP contribution < -0.4 is 0 Å². The maximum atomic E-state index is 12.2. The normalized spacial score (nSPS) is 19.5. The van der Waals surface area contributed by atoms with E-state index in [1.165, 1.54) is 16.2 Å². The summed E-state index contributed by atoms with van der Waals surface area (Å²) in [7, 11) is 0. The number of hydrogen-bond acceptors (Lipinski definition) is 4. The van der Waals surface area contributed by atoms with E-state index in [9.17, 15) is 9.59 Å². The van der Waals surface area contributed by atoms with E-state index in [0.717, 1.165) is 11.4 Å². The summed E-state index contributed by atoms with van der Waals surface area (Å²) in [6.07, 6.45) is 2.84. The van der Waals surface area contributed by atoms with Gasteiger partial charge in [0.25, 0.3) is 5.91 Å². The molecule has 0 bridgehead atoms. The molecule has 0 radical (unpaired) electrons. The highest BCUT2D eigenvalue weighted by Crippen LogP contribution is 2.25. The fourth-order valence-electron chi connectivity index (χ4n) is 2.06. The minimum Gasteiger partial charge on any atom is -0.480 e. The number of thiazole rings is 1. The van der Waals surface area contributed by atoms with Crippen LogP contribution in [-0.2, 0) is 4.79 Å². The number of aromatic nitrogens is 1. The molecule has 1 aliphatic heterocycles. The van der Waals surface area contributed by atoms with Crippen LogP contribution in [-0.4, -0.2) is 39.5 Å². The molecule has 0 spiro atoms.